The van der Waals surface area contributed by atoms with Crippen LogP contribution in [0.3, 0.4) is 0 Å². The van der Waals surface area contributed by atoms with Gasteiger partial charge in [-0.25, -0.2) is 0 Å². The van der Waals surface area contributed by atoms with Gasteiger partial charge in [-0.05, 0) is 25.0 Å². The first-order valence-electron chi connectivity index (χ1n) is 6.33. The molecule has 0 bridgehead atoms. The van der Waals surface area contributed by atoms with Crippen molar-refractivity contribution in [3.05, 3.63) is 36.8 Å². The molecule has 0 aliphatic carbocycles. The Labute approximate surface area is 109 Å². The molecular weight excluding hydrogens is 226 g/mol. The number of furan rings is 1. The van der Waals surface area contributed by atoms with Gasteiger partial charge in [0.1, 0.15) is 5.76 Å². The van der Waals surface area contributed by atoms with Crippen LogP contribution in [-0.2, 0) is 6.42 Å². The first-order chi connectivity index (χ1) is 8.77. The summed E-state index contributed by atoms with van der Waals surface area (Å²) in [4.78, 5) is 6.39. The molecule has 0 amide bonds. The van der Waals surface area contributed by atoms with E-state index in [-0.39, 0.29) is 0 Å². The highest BCUT2D eigenvalue weighted by Gasteiger charge is 2.04. The molecule has 0 saturated heterocycles. The van der Waals surface area contributed by atoms with Crippen molar-refractivity contribution in [3.63, 3.8) is 0 Å². The predicted octanol–water partition coefficient (Wildman–Crippen LogP) is 2.30. The SMILES string of the molecule is C=CCCCN(C)C(=NC)NCCc1ccco1. The fraction of sp³-hybridized carbons (Fsp3) is 0.500. The number of unbranched alkanes of at least 4 members (excludes halogenated alkanes) is 1. The maximum Gasteiger partial charge on any atom is 0.193 e. The number of hydrogen-bond donors (Lipinski definition) is 1. The Morgan fingerprint density at radius 2 is 2.44 bits per heavy atom. The number of nitrogens with zero attached hydrogens (tertiary/aromatic N) is 2. The van der Waals surface area contributed by atoms with E-state index >= 15 is 0 Å². The molecule has 0 fully saturated rings. The van der Waals surface area contributed by atoms with Gasteiger partial charge in [-0.1, -0.05) is 6.08 Å². The second-order valence-electron chi connectivity index (χ2n) is 4.16. The lowest BCUT2D eigenvalue weighted by Gasteiger charge is -2.21. The maximum atomic E-state index is 5.28. The predicted molar refractivity (Wildman–Crippen MR) is 75.8 cm³/mol. The Morgan fingerprint density at radius 1 is 1.61 bits per heavy atom. The largest absolute Gasteiger partial charge is 0.469 e. The van der Waals surface area contributed by atoms with Crippen LogP contribution < -0.4 is 5.32 Å². The minimum Gasteiger partial charge on any atom is -0.469 e. The molecule has 0 saturated carbocycles. The molecule has 4 heteroatoms. The van der Waals surface area contributed by atoms with Crippen molar-refractivity contribution in [3.8, 4) is 0 Å². The summed E-state index contributed by atoms with van der Waals surface area (Å²) in [5.41, 5.74) is 0. The highest BCUT2D eigenvalue weighted by Crippen LogP contribution is 2.00. The molecule has 0 spiro atoms. The van der Waals surface area contributed by atoms with Gasteiger partial charge in [0.25, 0.3) is 0 Å². The number of guanidine groups is 1. The molecule has 1 rings (SSSR count). The first kappa shape index (κ1) is 14.4. The number of rotatable bonds is 7. The molecule has 18 heavy (non-hydrogen) atoms. The van der Waals surface area contributed by atoms with Gasteiger partial charge in [0, 0.05) is 33.6 Å². The zero-order valence-electron chi connectivity index (χ0n) is 11.4. The second-order valence-corrected chi connectivity index (χ2v) is 4.16. The van der Waals surface area contributed by atoms with Gasteiger partial charge >= 0.3 is 0 Å². The summed E-state index contributed by atoms with van der Waals surface area (Å²) in [6, 6.07) is 3.89. The van der Waals surface area contributed by atoms with Crippen LogP contribution in [0.5, 0.6) is 0 Å². The zero-order chi connectivity index (χ0) is 13.2. The molecule has 1 heterocycles. The molecule has 1 aromatic heterocycles. The average molecular weight is 249 g/mol. The molecule has 0 aliphatic rings. The highest BCUT2D eigenvalue weighted by atomic mass is 16.3. The van der Waals surface area contributed by atoms with Crippen LogP contribution in [0.1, 0.15) is 18.6 Å². The molecule has 0 aromatic carbocycles. The molecule has 1 N–H and O–H groups in total. The van der Waals surface area contributed by atoms with Crippen LogP contribution in [0.4, 0.5) is 0 Å². The fourth-order valence-electron chi connectivity index (χ4n) is 1.72. The third-order valence-corrected chi connectivity index (χ3v) is 2.71. The number of hydrogen-bond acceptors (Lipinski definition) is 2. The summed E-state index contributed by atoms with van der Waals surface area (Å²) < 4.78 is 5.28. The van der Waals surface area contributed by atoms with E-state index in [9.17, 15) is 0 Å². The van der Waals surface area contributed by atoms with Crippen LogP contribution in [0.25, 0.3) is 0 Å². The summed E-state index contributed by atoms with van der Waals surface area (Å²) in [6.07, 6.45) is 6.64. The van der Waals surface area contributed by atoms with E-state index in [4.69, 9.17) is 4.42 Å². The molecule has 0 unspecified atom stereocenters. The molecule has 0 aliphatic heterocycles. The second kappa shape index (κ2) is 8.39. The van der Waals surface area contributed by atoms with Crippen LogP contribution in [0.15, 0.2) is 40.5 Å². The lowest BCUT2D eigenvalue weighted by molar-refractivity contribution is 0.464. The van der Waals surface area contributed by atoms with Gasteiger partial charge in [0.15, 0.2) is 5.96 Å². The third kappa shape index (κ3) is 5.08. The van der Waals surface area contributed by atoms with Gasteiger partial charge in [-0.15, -0.1) is 6.58 Å². The lowest BCUT2D eigenvalue weighted by Crippen LogP contribution is -2.40. The van der Waals surface area contributed by atoms with Gasteiger partial charge in [-0.2, -0.15) is 0 Å². The van der Waals surface area contributed by atoms with E-state index in [0.29, 0.717) is 0 Å². The average Bonchev–Trinajstić information content (AvgIpc) is 2.88. The topological polar surface area (TPSA) is 40.8 Å². The normalized spacial score (nSPS) is 11.3. The minimum absolute atomic E-state index is 0.825. The Kier molecular flexibility index (Phi) is 6.69. The highest BCUT2D eigenvalue weighted by molar-refractivity contribution is 5.79. The lowest BCUT2D eigenvalue weighted by atomic mass is 10.3. The Bertz CT molecular complexity index is 357. The summed E-state index contributed by atoms with van der Waals surface area (Å²) in [7, 11) is 3.85. The standard InChI is InChI=1S/C14H23N3O/c1-4-5-6-11-17(3)14(15-2)16-10-9-13-8-7-12-18-13/h4,7-8,12H,1,5-6,9-11H2,2-3H3,(H,15,16). The van der Waals surface area contributed by atoms with Gasteiger partial charge in [0.2, 0.25) is 0 Å². The number of nitrogens with one attached hydrogen (secondary N) is 1. The van der Waals surface area contributed by atoms with Crippen molar-refractivity contribution in [2.24, 2.45) is 4.99 Å². The number of allylic oxidation sites excluding steroid dienone is 1. The molecule has 0 radical (unpaired) electrons. The first-order valence-corrected chi connectivity index (χ1v) is 6.33. The van der Waals surface area contributed by atoms with Crippen molar-refractivity contribution in [1.29, 1.82) is 0 Å². The Morgan fingerprint density at radius 3 is 3.06 bits per heavy atom. The molecule has 100 valence electrons. The van der Waals surface area contributed by atoms with Crippen molar-refractivity contribution in [2.75, 3.05) is 27.2 Å². The number of aliphatic imine (C=N–C) groups is 1. The zero-order valence-corrected chi connectivity index (χ0v) is 11.4. The van der Waals surface area contributed by atoms with Gasteiger partial charge < -0.3 is 14.6 Å². The van der Waals surface area contributed by atoms with E-state index in [1.165, 1.54) is 0 Å². The van der Waals surface area contributed by atoms with Crippen molar-refractivity contribution in [1.82, 2.24) is 10.2 Å². The van der Waals surface area contributed by atoms with Crippen LogP contribution in [0.2, 0.25) is 0 Å². The third-order valence-electron chi connectivity index (χ3n) is 2.71. The van der Waals surface area contributed by atoms with E-state index < -0.39 is 0 Å². The van der Waals surface area contributed by atoms with Crippen molar-refractivity contribution < 1.29 is 4.42 Å². The summed E-state index contributed by atoms with van der Waals surface area (Å²) in [5, 5.41) is 3.32. The molecule has 4 nitrogen and oxygen atoms in total. The summed E-state index contributed by atoms with van der Waals surface area (Å²) in [5.74, 6) is 1.91. The smallest absolute Gasteiger partial charge is 0.193 e. The van der Waals surface area contributed by atoms with Gasteiger partial charge in [-0.3, -0.25) is 4.99 Å². The van der Waals surface area contributed by atoms with Gasteiger partial charge in [0.05, 0.1) is 6.26 Å². The molecule has 1 aromatic rings. The quantitative estimate of drug-likeness (QED) is 0.349. The Hall–Kier alpha value is -1.71. The Balaban J connectivity index is 2.26. The van der Waals surface area contributed by atoms with Crippen LogP contribution >= 0.6 is 0 Å². The van der Waals surface area contributed by atoms with Crippen molar-refractivity contribution >= 4 is 5.96 Å². The van der Waals surface area contributed by atoms with E-state index in [1.54, 1.807) is 13.3 Å². The monoisotopic (exact) mass is 249 g/mol. The minimum atomic E-state index is 0.825. The van der Waals surface area contributed by atoms with Crippen LogP contribution in [-0.4, -0.2) is 38.0 Å². The fourth-order valence-corrected chi connectivity index (χ4v) is 1.72. The summed E-state index contributed by atoms with van der Waals surface area (Å²) >= 11 is 0. The van der Waals surface area contributed by atoms with E-state index in [0.717, 1.165) is 44.1 Å². The maximum absolute atomic E-state index is 5.28. The van der Waals surface area contributed by atoms with Crippen LogP contribution in [0, 0.1) is 0 Å². The van der Waals surface area contributed by atoms with E-state index in [2.05, 4.69) is 21.8 Å². The van der Waals surface area contributed by atoms with Crippen molar-refractivity contribution in [2.45, 2.75) is 19.3 Å². The van der Waals surface area contributed by atoms with E-state index in [1.807, 2.05) is 25.3 Å². The molecular formula is C14H23N3O. The summed E-state index contributed by atoms with van der Waals surface area (Å²) in [6.45, 7) is 5.53. The molecule has 0 atom stereocenters.